The molecule has 0 aromatic heterocycles. The summed E-state index contributed by atoms with van der Waals surface area (Å²) in [5, 5.41) is 12.0. The van der Waals surface area contributed by atoms with E-state index in [1.807, 2.05) is 0 Å². The average Bonchev–Trinajstić information content (AvgIpc) is 2.64. The summed E-state index contributed by atoms with van der Waals surface area (Å²) in [4.78, 5) is 23.1. The molecule has 2 rings (SSSR count). The highest BCUT2D eigenvalue weighted by atomic mass is 16.4. The van der Waals surface area contributed by atoms with Crippen molar-refractivity contribution in [1.29, 1.82) is 0 Å². The van der Waals surface area contributed by atoms with Gasteiger partial charge in [-0.2, -0.15) is 0 Å². The Kier molecular flexibility index (Phi) is 4.77. The van der Waals surface area contributed by atoms with Crippen LogP contribution in [0, 0.1) is 5.92 Å². The Morgan fingerprint density at radius 1 is 1.15 bits per heavy atom. The van der Waals surface area contributed by atoms with Gasteiger partial charge in [0.2, 0.25) is 0 Å². The molecule has 1 saturated carbocycles. The maximum absolute atomic E-state index is 12.2. The molecule has 1 aromatic carbocycles. The summed E-state index contributed by atoms with van der Waals surface area (Å²) in [6.45, 7) is 2.25. The van der Waals surface area contributed by atoms with Gasteiger partial charge in [0.15, 0.2) is 0 Å². The van der Waals surface area contributed by atoms with Gasteiger partial charge in [0.1, 0.15) is 0 Å². The zero-order chi connectivity index (χ0) is 14.5. The second-order valence-electron chi connectivity index (χ2n) is 5.67. The third-order valence-corrected chi connectivity index (χ3v) is 3.96. The molecular formula is C16H21NO3. The van der Waals surface area contributed by atoms with E-state index in [0.29, 0.717) is 5.56 Å². The van der Waals surface area contributed by atoms with Crippen LogP contribution in [0.25, 0.3) is 0 Å². The largest absolute Gasteiger partial charge is 0.478 e. The van der Waals surface area contributed by atoms with Gasteiger partial charge >= 0.3 is 5.97 Å². The number of carbonyl (C=O) groups is 2. The summed E-state index contributed by atoms with van der Waals surface area (Å²) in [6.07, 6.45) is 5.52. The second-order valence-corrected chi connectivity index (χ2v) is 5.67. The second kappa shape index (κ2) is 6.55. The van der Waals surface area contributed by atoms with Crippen molar-refractivity contribution in [3.63, 3.8) is 0 Å². The van der Waals surface area contributed by atoms with Crippen molar-refractivity contribution >= 4 is 11.9 Å². The lowest BCUT2D eigenvalue weighted by atomic mass is 10.0. The maximum Gasteiger partial charge on any atom is 0.335 e. The smallest absolute Gasteiger partial charge is 0.335 e. The Morgan fingerprint density at radius 3 is 2.65 bits per heavy atom. The molecule has 108 valence electrons. The van der Waals surface area contributed by atoms with E-state index in [9.17, 15) is 9.59 Å². The summed E-state index contributed by atoms with van der Waals surface area (Å²) < 4.78 is 0. The first-order valence-corrected chi connectivity index (χ1v) is 7.20. The summed E-state index contributed by atoms with van der Waals surface area (Å²) in [5.74, 6) is -0.456. The molecule has 0 radical (unpaired) electrons. The molecule has 1 aliphatic rings. The van der Waals surface area contributed by atoms with Crippen LogP contribution in [0.15, 0.2) is 24.3 Å². The van der Waals surface area contributed by atoms with E-state index in [4.69, 9.17) is 5.11 Å². The minimum absolute atomic E-state index is 0.145. The molecule has 1 fully saturated rings. The zero-order valence-electron chi connectivity index (χ0n) is 11.8. The topological polar surface area (TPSA) is 66.4 Å². The van der Waals surface area contributed by atoms with Gasteiger partial charge in [0.25, 0.3) is 5.91 Å². The number of hydrogen-bond acceptors (Lipinski definition) is 2. The first-order valence-electron chi connectivity index (χ1n) is 7.20. The number of nitrogens with one attached hydrogen (secondary N) is 1. The molecular weight excluding hydrogens is 254 g/mol. The Labute approximate surface area is 119 Å². The van der Waals surface area contributed by atoms with Crippen molar-refractivity contribution in [3.8, 4) is 0 Å². The molecule has 2 atom stereocenters. The van der Waals surface area contributed by atoms with E-state index in [-0.39, 0.29) is 17.5 Å². The number of benzene rings is 1. The molecule has 0 heterocycles. The number of carboxylic acids is 1. The van der Waals surface area contributed by atoms with Gasteiger partial charge < -0.3 is 10.4 Å². The summed E-state index contributed by atoms with van der Waals surface area (Å²) >= 11 is 0. The molecule has 20 heavy (non-hydrogen) atoms. The van der Waals surface area contributed by atoms with Crippen molar-refractivity contribution in [2.45, 2.75) is 45.1 Å². The minimum Gasteiger partial charge on any atom is -0.478 e. The van der Waals surface area contributed by atoms with Gasteiger partial charge in [-0.25, -0.2) is 4.79 Å². The van der Waals surface area contributed by atoms with Crippen molar-refractivity contribution in [3.05, 3.63) is 35.4 Å². The summed E-state index contributed by atoms with van der Waals surface area (Å²) in [7, 11) is 0. The number of rotatable bonds is 3. The number of aromatic carboxylic acids is 1. The van der Waals surface area contributed by atoms with Crippen molar-refractivity contribution in [2.24, 2.45) is 5.92 Å². The highest BCUT2D eigenvalue weighted by Crippen LogP contribution is 2.22. The Bertz CT molecular complexity index is 498. The number of carbonyl (C=O) groups excluding carboxylic acids is 1. The predicted octanol–water partition coefficient (Wildman–Crippen LogP) is 3.08. The molecule has 1 aromatic rings. The lowest BCUT2D eigenvalue weighted by Crippen LogP contribution is -2.34. The highest BCUT2D eigenvalue weighted by molar-refractivity contribution is 5.97. The maximum atomic E-state index is 12.2. The van der Waals surface area contributed by atoms with E-state index < -0.39 is 5.97 Å². The first-order chi connectivity index (χ1) is 9.56. The van der Waals surface area contributed by atoms with Crippen LogP contribution in [-0.4, -0.2) is 23.0 Å². The summed E-state index contributed by atoms with van der Waals surface area (Å²) in [6, 6.07) is 6.39. The Balaban J connectivity index is 2.00. The summed E-state index contributed by atoms with van der Waals surface area (Å²) in [5.41, 5.74) is 0.564. The predicted molar refractivity (Wildman–Crippen MR) is 76.9 cm³/mol. The zero-order valence-corrected chi connectivity index (χ0v) is 11.8. The Hall–Kier alpha value is -1.84. The van der Waals surface area contributed by atoms with E-state index in [1.54, 1.807) is 12.1 Å². The average molecular weight is 275 g/mol. The van der Waals surface area contributed by atoms with E-state index in [2.05, 4.69) is 12.2 Å². The standard InChI is InChI=1S/C16H21NO3/c1-11-4-2-7-14(9-8-11)17-15(18)12-5-3-6-13(10-12)16(19)20/h3,5-6,10-11,14H,2,4,7-9H2,1H3,(H,17,18)(H,19,20). The molecule has 0 saturated heterocycles. The molecule has 2 unspecified atom stereocenters. The molecule has 0 bridgehead atoms. The van der Waals surface area contributed by atoms with Crippen LogP contribution in [0.5, 0.6) is 0 Å². The quantitative estimate of drug-likeness (QED) is 0.833. The fourth-order valence-corrected chi connectivity index (χ4v) is 2.69. The van der Waals surface area contributed by atoms with E-state index in [0.717, 1.165) is 31.6 Å². The van der Waals surface area contributed by atoms with Crippen LogP contribution in [0.2, 0.25) is 0 Å². The van der Waals surface area contributed by atoms with E-state index >= 15 is 0 Å². The van der Waals surface area contributed by atoms with E-state index in [1.165, 1.54) is 18.6 Å². The van der Waals surface area contributed by atoms with Gasteiger partial charge in [-0.1, -0.05) is 25.8 Å². The van der Waals surface area contributed by atoms with Gasteiger partial charge in [-0.05, 0) is 43.4 Å². The van der Waals surface area contributed by atoms with Crippen molar-refractivity contribution in [2.75, 3.05) is 0 Å². The van der Waals surface area contributed by atoms with Crippen molar-refractivity contribution < 1.29 is 14.7 Å². The third-order valence-electron chi connectivity index (χ3n) is 3.96. The van der Waals surface area contributed by atoms with Crippen LogP contribution in [0.3, 0.4) is 0 Å². The molecule has 2 N–H and O–H groups in total. The normalized spacial score (nSPS) is 22.9. The van der Waals surface area contributed by atoms with Crippen LogP contribution in [-0.2, 0) is 0 Å². The number of carboxylic acid groups (broad SMARTS) is 1. The number of hydrogen-bond donors (Lipinski definition) is 2. The van der Waals surface area contributed by atoms with Gasteiger partial charge in [0.05, 0.1) is 5.56 Å². The van der Waals surface area contributed by atoms with Crippen molar-refractivity contribution in [1.82, 2.24) is 5.32 Å². The van der Waals surface area contributed by atoms with Crippen LogP contribution < -0.4 is 5.32 Å². The third kappa shape index (κ3) is 3.83. The molecule has 1 aliphatic carbocycles. The SMILES string of the molecule is CC1CCCC(NC(=O)c2cccc(C(=O)O)c2)CC1. The lowest BCUT2D eigenvalue weighted by molar-refractivity contribution is 0.0697. The molecule has 4 nitrogen and oxygen atoms in total. The first kappa shape index (κ1) is 14.6. The van der Waals surface area contributed by atoms with Gasteiger partial charge in [-0.15, -0.1) is 0 Å². The monoisotopic (exact) mass is 275 g/mol. The lowest BCUT2D eigenvalue weighted by Gasteiger charge is -2.16. The molecule has 0 spiro atoms. The van der Waals surface area contributed by atoms with Crippen LogP contribution in [0.1, 0.15) is 59.7 Å². The highest BCUT2D eigenvalue weighted by Gasteiger charge is 2.19. The van der Waals surface area contributed by atoms with Crippen LogP contribution >= 0.6 is 0 Å². The molecule has 0 aliphatic heterocycles. The van der Waals surface area contributed by atoms with Crippen LogP contribution in [0.4, 0.5) is 0 Å². The Morgan fingerprint density at radius 2 is 1.90 bits per heavy atom. The molecule has 1 amide bonds. The number of amides is 1. The van der Waals surface area contributed by atoms with Gasteiger partial charge in [-0.3, -0.25) is 4.79 Å². The molecule has 4 heteroatoms. The fraction of sp³-hybridized carbons (Fsp3) is 0.500. The minimum atomic E-state index is -1.01. The fourth-order valence-electron chi connectivity index (χ4n) is 2.69. The van der Waals surface area contributed by atoms with Gasteiger partial charge in [0, 0.05) is 11.6 Å².